The van der Waals surface area contributed by atoms with Crippen molar-refractivity contribution in [2.45, 2.75) is 269 Å². The van der Waals surface area contributed by atoms with Gasteiger partial charge in [-0.2, -0.15) is 0 Å². The smallest absolute Gasteiger partial charge is 0.306 e. The third-order valence-electron chi connectivity index (χ3n) is 12.0. The molecule has 368 valence electrons. The van der Waals surface area contributed by atoms with Crippen LogP contribution in [0.3, 0.4) is 0 Å². The highest BCUT2D eigenvalue weighted by Crippen LogP contribution is 2.23. The van der Waals surface area contributed by atoms with Crippen molar-refractivity contribution in [3.05, 3.63) is 36.5 Å². The number of aliphatic hydroxyl groups excluding tert-OH is 4. The van der Waals surface area contributed by atoms with Crippen LogP contribution in [0, 0.1) is 0 Å². The summed E-state index contributed by atoms with van der Waals surface area (Å²) in [4.78, 5) is 25.4. The fraction of sp³-hybridized carbons (Fsp3) is 0.849. The Hall–Kier alpha value is -2.08. The van der Waals surface area contributed by atoms with Gasteiger partial charge in [-0.3, -0.25) is 9.59 Å². The van der Waals surface area contributed by atoms with E-state index in [1.165, 1.54) is 148 Å². The summed E-state index contributed by atoms with van der Waals surface area (Å²) in [7, 11) is 0. The monoisotopic (exact) mass is 893 g/mol. The van der Waals surface area contributed by atoms with Gasteiger partial charge in [-0.05, 0) is 70.6 Å². The highest BCUT2D eigenvalue weighted by atomic mass is 16.7. The molecule has 0 saturated carbocycles. The van der Waals surface area contributed by atoms with Crippen LogP contribution in [0.4, 0.5) is 0 Å². The van der Waals surface area contributed by atoms with Crippen molar-refractivity contribution in [3.8, 4) is 0 Å². The molecule has 1 rings (SSSR count). The summed E-state index contributed by atoms with van der Waals surface area (Å²) in [6.45, 7) is 3.39. The van der Waals surface area contributed by atoms with Crippen LogP contribution >= 0.6 is 0 Å². The Kier molecular flexibility index (Phi) is 41.0. The minimum absolute atomic E-state index is 0.193. The predicted octanol–water partition coefficient (Wildman–Crippen LogP) is 12.2. The Balaban J connectivity index is 2.27. The van der Waals surface area contributed by atoms with E-state index in [0.29, 0.717) is 12.8 Å². The maximum Gasteiger partial charge on any atom is 0.306 e. The van der Waals surface area contributed by atoms with E-state index < -0.39 is 55.4 Å². The molecule has 1 aliphatic heterocycles. The maximum atomic E-state index is 12.8. The molecule has 63 heavy (non-hydrogen) atoms. The number of allylic oxidation sites excluding steroid dienone is 6. The van der Waals surface area contributed by atoms with Crippen LogP contribution in [-0.2, 0) is 28.5 Å². The van der Waals surface area contributed by atoms with Crippen molar-refractivity contribution in [3.63, 3.8) is 0 Å². The molecule has 1 fully saturated rings. The second-order valence-corrected chi connectivity index (χ2v) is 18.0. The van der Waals surface area contributed by atoms with Gasteiger partial charge in [0, 0.05) is 12.8 Å². The van der Waals surface area contributed by atoms with E-state index in [2.05, 4.69) is 50.3 Å². The van der Waals surface area contributed by atoms with Gasteiger partial charge >= 0.3 is 11.9 Å². The summed E-state index contributed by atoms with van der Waals surface area (Å²) in [5.41, 5.74) is 0. The van der Waals surface area contributed by atoms with Crippen molar-refractivity contribution in [1.29, 1.82) is 0 Å². The Labute approximate surface area is 385 Å². The number of ether oxygens (including phenoxy) is 4. The van der Waals surface area contributed by atoms with E-state index in [-0.39, 0.29) is 26.1 Å². The summed E-state index contributed by atoms with van der Waals surface area (Å²) in [5.74, 6) is -0.875. The second kappa shape index (κ2) is 43.8. The molecule has 10 heteroatoms. The van der Waals surface area contributed by atoms with Crippen LogP contribution in [0.2, 0.25) is 0 Å². The number of hydrogen-bond donors (Lipinski definition) is 4. The van der Waals surface area contributed by atoms with Crippen molar-refractivity contribution in [1.82, 2.24) is 0 Å². The zero-order valence-corrected chi connectivity index (χ0v) is 40.3. The molecule has 0 bridgehead atoms. The Morgan fingerprint density at radius 3 is 1.33 bits per heavy atom. The van der Waals surface area contributed by atoms with Gasteiger partial charge in [0.1, 0.15) is 31.0 Å². The summed E-state index contributed by atoms with van der Waals surface area (Å²) >= 11 is 0. The zero-order chi connectivity index (χ0) is 45.9. The van der Waals surface area contributed by atoms with Gasteiger partial charge in [0.15, 0.2) is 12.4 Å². The molecule has 6 atom stereocenters. The summed E-state index contributed by atoms with van der Waals surface area (Å²) in [5, 5.41) is 40.2. The molecular formula is C53H96O10. The van der Waals surface area contributed by atoms with E-state index >= 15 is 0 Å². The van der Waals surface area contributed by atoms with E-state index in [1.807, 2.05) is 0 Å². The molecule has 4 N–H and O–H groups in total. The van der Waals surface area contributed by atoms with Crippen molar-refractivity contribution in [2.24, 2.45) is 0 Å². The van der Waals surface area contributed by atoms with Crippen LogP contribution < -0.4 is 0 Å². The van der Waals surface area contributed by atoms with Gasteiger partial charge in [-0.25, -0.2) is 0 Å². The van der Waals surface area contributed by atoms with Crippen LogP contribution in [-0.4, -0.2) is 89.0 Å². The maximum absolute atomic E-state index is 12.8. The van der Waals surface area contributed by atoms with Crippen molar-refractivity contribution < 1.29 is 49.0 Å². The lowest BCUT2D eigenvalue weighted by atomic mass is 9.99. The lowest BCUT2D eigenvalue weighted by Crippen LogP contribution is -2.59. The average molecular weight is 893 g/mol. The molecule has 1 heterocycles. The van der Waals surface area contributed by atoms with E-state index in [1.54, 1.807) is 0 Å². The first kappa shape index (κ1) is 58.9. The first-order valence-electron chi connectivity index (χ1n) is 26.1. The van der Waals surface area contributed by atoms with E-state index in [9.17, 15) is 30.0 Å². The molecule has 0 aliphatic carbocycles. The lowest BCUT2D eigenvalue weighted by molar-refractivity contribution is -0.305. The molecular weight excluding hydrogens is 797 g/mol. The molecule has 0 radical (unpaired) electrons. The van der Waals surface area contributed by atoms with Crippen LogP contribution in [0.5, 0.6) is 0 Å². The highest BCUT2D eigenvalue weighted by molar-refractivity contribution is 5.70. The summed E-state index contributed by atoms with van der Waals surface area (Å²) < 4.78 is 22.2. The predicted molar refractivity (Wildman–Crippen MR) is 256 cm³/mol. The standard InChI is InChI=1S/C53H96O10/c1-3-5-7-9-11-13-15-17-19-20-21-22-23-24-25-26-28-29-31-33-35-37-39-41-48(55)60-44-46(45-61-53-52(59)51(58)50(57)47(43-54)63-53)62-49(56)42-40-38-36-34-32-30-27-18-16-14-12-10-8-6-4-2/h26,28,32-35,46-47,50-54,57-59H,3-25,27,29-31,36-45H2,1-2H3/b28-26+,34-32+,35-33+/t46-,47-,50+,51?,52?,53-/m0/s1. The lowest BCUT2D eigenvalue weighted by Gasteiger charge is -2.39. The molecule has 10 nitrogen and oxygen atoms in total. The van der Waals surface area contributed by atoms with Crippen molar-refractivity contribution >= 4 is 11.9 Å². The fourth-order valence-corrected chi connectivity index (χ4v) is 7.85. The molecule has 0 aromatic rings. The third-order valence-corrected chi connectivity index (χ3v) is 12.0. The van der Waals surface area contributed by atoms with Gasteiger partial charge in [-0.15, -0.1) is 0 Å². The molecule has 1 saturated heterocycles. The van der Waals surface area contributed by atoms with Gasteiger partial charge in [0.2, 0.25) is 0 Å². The first-order valence-corrected chi connectivity index (χ1v) is 26.1. The quantitative estimate of drug-likeness (QED) is 0.0264. The summed E-state index contributed by atoms with van der Waals surface area (Å²) in [6, 6.07) is 0. The van der Waals surface area contributed by atoms with Gasteiger partial charge < -0.3 is 39.4 Å². The van der Waals surface area contributed by atoms with Crippen LogP contribution in [0.1, 0.15) is 232 Å². The minimum atomic E-state index is -1.60. The average Bonchev–Trinajstić information content (AvgIpc) is 3.28. The Bertz CT molecular complexity index is 1120. The van der Waals surface area contributed by atoms with Crippen molar-refractivity contribution in [2.75, 3.05) is 19.8 Å². The fourth-order valence-electron chi connectivity index (χ4n) is 7.85. The molecule has 2 unspecified atom stereocenters. The largest absolute Gasteiger partial charge is 0.462 e. The molecule has 0 spiro atoms. The molecule has 0 aromatic carbocycles. The van der Waals surface area contributed by atoms with Crippen LogP contribution in [0.15, 0.2) is 36.5 Å². The number of carbonyl (C=O) groups excluding carboxylic acids is 2. The second-order valence-electron chi connectivity index (χ2n) is 18.0. The number of unbranched alkanes of at least 4 members (excludes halogenated alkanes) is 27. The number of hydrogen-bond acceptors (Lipinski definition) is 10. The number of esters is 2. The van der Waals surface area contributed by atoms with E-state index in [0.717, 1.165) is 44.9 Å². The SMILES string of the molecule is CCCCCCCCCCC/C=C/CCCCC(=O)O[C@@H](COC(=O)CCC/C=C/CC/C=C/CCCCCCCCCCCCCCCC)CO[C@H]1O[C@@H](CO)[C@@H](O)C(O)C1O. The van der Waals surface area contributed by atoms with E-state index in [4.69, 9.17) is 18.9 Å². The highest BCUT2D eigenvalue weighted by Gasteiger charge is 2.44. The number of rotatable bonds is 44. The third kappa shape index (κ3) is 34.9. The van der Waals surface area contributed by atoms with Gasteiger partial charge in [0.05, 0.1) is 13.2 Å². The number of aliphatic hydroxyl groups is 4. The number of carbonyl (C=O) groups is 2. The Morgan fingerprint density at radius 2 is 0.873 bits per heavy atom. The molecule has 0 amide bonds. The topological polar surface area (TPSA) is 152 Å². The molecule has 1 aliphatic rings. The zero-order valence-electron chi connectivity index (χ0n) is 40.3. The normalized spacial score (nSPS) is 19.7. The molecule has 0 aromatic heterocycles. The first-order chi connectivity index (χ1) is 30.8. The Morgan fingerprint density at radius 1 is 0.476 bits per heavy atom. The van der Waals surface area contributed by atoms with Gasteiger partial charge in [-0.1, -0.05) is 185 Å². The van der Waals surface area contributed by atoms with Crippen LogP contribution in [0.25, 0.3) is 0 Å². The summed E-state index contributed by atoms with van der Waals surface area (Å²) in [6.07, 6.45) is 44.6. The van der Waals surface area contributed by atoms with Gasteiger partial charge in [0.25, 0.3) is 0 Å². The minimum Gasteiger partial charge on any atom is -0.462 e.